The Morgan fingerprint density at radius 2 is 1.71 bits per heavy atom. The minimum absolute atomic E-state index is 0.191. The molecule has 28 heavy (non-hydrogen) atoms. The Balaban J connectivity index is 1.68. The number of sulfone groups is 1. The van der Waals surface area contributed by atoms with Crippen LogP contribution < -0.4 is 5.32 Å². The van der Waals surface area contributed by atoms with Crippen LogP contribution in [0, 0.1) is 0 Å². The number of carbonyl (C=O) groups is 1. The fraction of sp³-hybridized carbons (Fsp3) is 0.158. The third-order valence-corrected chi connectivity index (χ3v) is 5.95. The van der Waals surface area contributed by atoms with Gasteiger partial charge in [0.2, 0.25) is 5.91 Å². The summed E-state index contributed by atoms with van der Waals surface area (Å²) in [6.45, 7) is 0.493. The van der Waals surface area contributed by atoms with E-state index >= 15 is 0 Å². The zero-order valence-corrected chi connectivity index (χ0v) is 17.0. The number of rotatable bonds is 7. The Morgan fingerprint density at radius 3 is 2.39 bits per heavy atom. The molecule has 0 bridgehead atoms. The van der Waals surface area contributed by atoms with Crippen LogP contribution in [0.5, 0.6) is 0 Å². The molecular formula is C19H17Cl2N3O3S. The fourth-order valence-electron chi connectivity index (χ4n) is 2.64. The first-order valence-corrected chi connectivity index (χ1v) is 10.9. The first kappa shape index (κ1) is 20.4. The average molecular weight is 438 g/mol. The summed E-state index contributed by atoms with van der Waals surface area (Å²) in [7, 11) is -3.75. The summed E-state index contributed by atoms with van der Waals surface area (Å²) >= 11 is 12.0. The van der Waals surface area contributed by atoms with Gasteiger partial charge in [-0.15, -0.1) is 0 Å². The molecule has 1 N–H and O–H groups in total. The van der Waals surface area contributed by atoms with Crippen LogP contribution in [0.15, 0.2) is 60.9 Å². The molecule has 0 spiro atoms. The summed E-state index contributed by atoms with van der Waals surface area (Å²) in [5, 5.41) is 2.93. The highest BCUT2D eigenvalue weighted by atomic mass is 35.5. The van der Waals surface area contributed by atoms with Crippen molar-refractivity contribution in [3.63, 3.8) is 0 Å². The van der Waals surface area contributed by atoms with Gasteiger partial charge in [-0.05, 0) is 17.7 Å². The molecule has 0 unspecified atom stereocenters. The first-order valence-electron chi connectivity index (χ1n) is 8.32. The van der Waals surface area contributed by atoms with E-state index in [-0.39, 0.29) is 21.5 Å². The van der Waals surface area contributed by atoms with Crippen LogP contribution in [-0.2, 0) is 26.9 Å². The van der Waals surface area contributed by atoms with Crippen molar-refractivity contribution in [3.8, 4) is 0 Å². The van der Waals surface area contributed by atoms with Gasteiger partial charge < -0.3 is 9.88 Å². The topological polar surface area (TPSA) is 81.1 Å². The fourth-order valence-corrected chi connectivity index (χ4v) is 4.34. The van der Waals surface area contributed by atoms with Crippen LogP contribution in [0.25, 0.3) is 0 Å². The number of nitrogens with one attached hydrogen (secondary N) is 1. The molecule has 0 aliphatic heterocycles. The highest BCUT2D eigenvalue weighted by molar-refractivity contribution is 7.91. The van der Waals surface area contributed by atoms with E-state index in [1.807, 2.05) is 30.3 Å². The van der Waals surface area contributed by atoms with E-state index in [0.717, 1.165) is 5.56 Å². The minimum atomic E-state index is -3.75. The molecule has 1 amide bonds. The molecule has 3 rings (SSSR count). The van der Waals surface area contributed by atoms with E-state index in [9.17, 15) is 13.2 Å². The number of halogens is 2. The maximum absolute atomic E-state index is 12.5. The van der Waals surface area contributed by atoms with Gasteiger partial charge in [0.05, 0.1) is 15.7 Å². The lowest BCUT2D eigenvalue weighted by molar-refractivity contribution is -0.113. The van der Waals surface area contributed by atoms with Crippen molar-refractivity contribution in [2.24, 2.45) is 0 Å². The molecule has 3 aromatic rings. The molecule has 6 nitrogen and oxygen atoms in total. The maximum atomic E-state index is 12.5. The highest BCUT2D eigenvalue weighted by Gasteiger charge is 2.21. The summed E-state index contributed by atoms with van der Waals surface area (Å²) in [6.07, 6.45) is 3.25. The Labute approximate surface area is 173 Å². The smallest absolute Gasteiger partial charge is 0.239 e. The number of amides is 1. The molecule has 0 atom stereocenters. The van der Waals surface area contributed by atoms with Crippen LogP contribution in [0.4, 0.5) is 5.69 Å². The highest BCUT2D eigenvalue weighted by Crippen LogP contribution is 2.29. The second-order valence-corrected chi connectivity index (χ2v) is 9.01. The molecule has 0 saturated carbocycles. The molecule has 0 radical (unpaired) electrons. The maximum Gasteiger partial charge on any atom is 0.239 e. The molecular weight excluding hydrogens is 421 g/mol. The predicted molar refractivity (Wildman–Crippen MR) is 110 cm³/mol. The van der Waals surface area contributed by atoms with Gasteiger partial charge in [-0.25, -0.2) is 13.4 Å². The van der Waals surface area contributed by atoms with Crippen molar-refractivity contribution in [2.45, 2.75) is 12.3 Å². The SMILES string of the molecule is O=C(CS(=O)(=O)Cc1nccn1Cc1ccccc1)Nc1c(Cl)cccc1Cl. The van der Waals surface area contributed by atoms with Gasteiger partial charge >= 0.3 is 0 Å². The van der Waals surface area contributed by atoms with Gasteiger partial charge in [0, 0.05) is 18.9 Å². The lowest BCUT2D eigenvalue weighted by Gasteiger charge is -2.11. The van der Waals surface area contributed by atoms with Crippen molar-refractivity contribution >= 4 is 44.6 Å². The molecule has 0 aliphatic rings. The monoisotopic (exact) mass is 437 g/mol. The zero-order chi connectivity index (χ0) is 20.1. The van der Waals surface area contributed by atoms with Crippen molar-refractivity contribution in [3.05, 3.63) is 82.4 Å². The number of hydrogen-bond donors (Lipinski definition) is 1. The second-order valence-electron chi connectivity index (χ2n) is 6.13. The van der Waals surface area contributed by atoms with Gasteiger partial charge in [-0.2, -0.15) is 0 Å². The number of hydrogen-bond acceptors (Lipinski definition) is 4. The van der Waals surface area contributed by atoms with E-state index in [1.165, 1.54) is 6.20 Å². The van der Waals surface area contributed by atoms with Crippen molar-refractivity contribution in [1.29, 1.82) is 0 Å². The van der Waals surface area contributed by atoms with Crippen LogP contribution in [-0.4, -0.2) is 29.6 Å². The summed E-state index contributed by atoms with van der Waals surface area (Å²) in [4.78, 5) is 16.3. The molecule has 0 saturated heterocycles. The lowest BCUT2D eigenvalue weighted by atomic mass is 10.2. The molecule has 1 heterocycles. The summed E-state index contributed by atoms with van der Waals surface area (Å²) < 4.78 is 26.7. The van der Waals surface area contributed by atoms with Crippen LogP contribution in [0.2, 0.25) is 10.0 Å². The first-order chi connectivity index (χ1) is 13.3. The van der Waals surface area contributed by atoms with E-state index in [4.69, 9.17) is 23.2 Å². The Morgan fingerprint density at radius 1 is 1.04 bits per heavy atom. The lowest BCUT2D eigenvalue weighted by Crippen LogP contribution is -2.25. The zero-order valence-electron chi connectivity index (χ0n) is 14.7. The molecule has 9 heteroatoms. The number of anilines is 1. The second kappa shape index (κ2) is 8.77. The number of nitrogens with zero attached hydrogens (tertiary/aromatic N) is 2. The standard InChI is InChI=1S/C19H17Cl2N3O3S/c20-15-7-4-8-16(21)19(15)23-18(25)13-28(26,27)12-17-22-9-10-24(17)11-14-5-2-1-3-6-14/h1-10H,11-13H2,(H,23,25). The van der Waals surface area contributed by atoms with Gasteiger partial charge in [0.1, 0.15) is 17.3 Å². The van der Waals surface area contributed by atoms with Gasteiger partial charge in [0.15, 0.2) is 9.84 Å². The average Bonchev–Trinajstić information content (AvgIpc) is 3.04. The molecule has 146 valence electrons. The Hall–Kier alpha value is -2.35. The van der Waals surface area contributed by atoms with E-state index in [2.05, 4.69) is 10.3 Å². The minimum Gasteiger partial charge on any atom is -0.330 e. The molecule has 0 aliphatic carbocycles. The molecule has 0 fully saturated rings. The van der Waals surface area contributed by atoms with Crippen LogP contribution in [0.1, 0.15) is 11.4 Å². The molecule has 2 aromatic carbocycles. The Bertz CT molecular complexity index is 1060. The number of benzene rings is 2. The quantitative estimate of drug-likeness (QED) is 0.609. The third-order valence-electron chi connectivity index (χ3n) is 3.92. The number of carbonyl (C=O) groups excluding carboxylic acids is 1. The van der Waals surface area contributed by atoms with Gasteiger partial charge in [0.25, 0.3) is 0 Å². The Kier molecular flexibility index (Phi) is 6.39. The van der Waals surface area contributed by atoms with Crippen molar-refractivity contribution in [1.82, 2.24) is 9.55 Å². The number of imidazole rings is 1. The largest absolute Gasteiger partial charge is 0.330 e. The van der Waals surface area contributed by atoms with Gasteiger partial charge in [-0.3, -0.25) is 4.79 Å². The van der Waals surface area contributed by atoms with Gasteiger partial charge in [-0.1, -0.05) is 59.6 Å². The van der Waals surface area contributed by atoms with E-state index < -0.39 is 21.5 Å². The number of aromatic nitrogens is 2. The van der Waals surface area contributed by atoms with E-state index in [0.29, 0.717) is 12.4 Å². The van der Waals surface area contributed by atoms with Crippen LogP contribution >= 0.6 is 23.2 Å². The number of para-hydroxylation sites is 1. The van der Waals surface area contributed by atoms with Crippen molar-refractivity contribution in [2.75, 3.05) is 11.1 Å². The summed E-state index contributed by atoms with van der Waals surface area (Å²) in [5.41, 5.74) is 1.21. The predicted octanol–water partition coefficient (Wildman–Crippen LogP) is 3.79. The third kappa shape index (κ3) is 5.34. The summed E-state index contributed by atoms with van der Waals surface area (Å²) in [5.74, 6) is -1.40. The normalized spacial score (nSPS) is 11.4. The summed E-state index contributed by atoms with van der Waals surface area (Å²) in [6, 6.07) is 14.4. The van der Waals surface area contributed by atoms with Crippen LogP contribution in [0.3, 0.4) is 0 Å². The van der Waals surface area contributed by atoms with Crippen molar-refractivity contribution < 1.29 is 13.2 Å². The molecule has 1 aromatic heterocycles. The van der Waals surface area contributed by atoms with E-state index in [1.54, 1.807) is 29.0 Å².